The molecule has 1 aliphatic rings. The van der Waals surface area contributed by atoms with Gasteiger partial charge in [0.25, 0.3) is 19.3 Å². The lowest BCUT2D eigenvalue weighted by molar-refractivity contribution is 0.290. The average molecular weight is 180 g/mol. The molecule has 1 unspecified atom stereocenters. The van der Waals surface area contributed by atoms with Crippen LogP contribution in [0.25, 0.3) is 0 Å². The van der Waals surface area contributed by atoms with E-state index < -0.39 is 27.9 Å². The highest BCUT2D eigenvalue weighted by Crippen LogP contribution is 2.12. The monoisotopic (exact) mass is 180 g/mol. The maximum atomic E-state index is 5.54. The molecular weight excluding hydrogens is 168 g/mol. The molecule has 0 aromatic heterocycles. The molecular formula is C3H12O3Si3. The molecule has 1 atom stereocenters. The Hall–Kier alpha value is 0.531. The van der Waals surface area contributed by atoms with Gasteiger partial charge in [0.15, 0.2) is 0 Å². The lowest BCUT2D eigenvalue weighted by Crippen LogP contribution is -2.48. The minimum absolute atomic E-state index is 0.645. The lowest BCUT2D eigenvalue weighted by Gasteiger charge is -2.32. The highest BCUT2D eigenvalue weighted by atomic mass is 28.5. The summed E-state index contributed by atoms with van der Waals surface area (Å²) in [4.78, 5) is 0. The molecule has 0 amide bonds. The van der Waals surface area contributed by atoms with Gasteiger partial charge in [-0.15, -0.1) is 0 Å². The van der Waals surface area contributed by atoms with Crippen LogP contribution in [0.1, 0.15) is 0 Å². The van der Waals surface area contributed by atoms with Gasteiger partial charge in [0.2, 0.25) is 0 Å². The summed E-state index contributed by atoms with van der Waals surface area (Å²) in [6, 6.07) is 0. The van der Waals surface area contributed by atoms with Crippen molar-refractivity contribution in [1.82, 2.24) is 0 Å². The third kappa shape index (κ3) is 2.32. The Morgan fingerprint density at radius 3 is 2.44 bits per heavy atom. The van der Waals surface area contributed by atoms with Crippen molar-refractivity contribution in [3.05, 3.63) is 0 Å². The van der Waals surface area contributed by atoms with Crippen LogP contribution in [0.2, 0.25) is 19.6 Å². The van der Waals surface area contributed by atoms with Gasteiger partial charge >= 0.3 is 8.56 Å². The van der Waals surface area contributed by atoms with Crippen molar-refractivity contribution in [1.29, 1.82) is 0 Å². The molecule has 0 aliphatic carbocycles. The first kappa shape index (κ1) is 7.64. The highest BCUT2D eigenvalue weighted by molar-refractivity contribution is 6.78. The van der Waals surface area contributed by atoms with E-state index in [2.05, 4.69) is 19.6 Å². The zero-order chi connectivity index (χ0) is 6.91. The summed E-state index contributed by atoms with van der Waals surface area (Å²) >= 11 is 0. The van der Waals surface area contributed by atoms with Crippen molar-refractivity contribution in [3.63, 3.8) is 0 Å². The summed E-state index contributed by atoms with van der Waals surface area (Å²) in [5, 5.41) is 0. The highest BCUT2D eigenvalue weighted by Gasteiger charge is 2.31. The maximum Gasteiger partial charge on any atom is 0.313 e. The second-order valence-electron chi connectivity index (χ2n) is 2.51. The van der Waals surface area contributed by atoms with E-state index in [1.54, 1.807) is 0 Å². The summed E-state index contributed by atoms with van der Waals surface area (Å²) in [5.74, 6) is 0. The zero-order valence-corrected chi connectivity index (χ0v) is 9.58. The molecule has 1 rings (SSSR count). The van der Waals surface area contributed by atoms with Crippen LogP contribution in [-0.4, -0.2) is 27.9 Å². The molecule has 1 heterocycles. The normalized spacial score (nSPS) is 37.0. The van der Waals surface area contributed by atoms with E-state index in [9.17, 15) is 0 Å². The third-order valence-corrected chi connectivity index (χ3v) is 10.4. The predicted molar refractivity (Wildman–Crippen MR) is 42.3 cm³/mol. The Kier molecular flexibility index (Phi) is 2.24. The Balaban J connectivity index is 2.41. The van der Waals surface area contributed by atoms with Crippen LogP contribution in [0.15, 0.2) is 0 Å². The van der Waals surface area contributed by atoms with E-state index in [0.717, 1.165) is 0 Å². The van der Waals surface area contributed by atoms with Crippen molar-refractivity contribution in [2.75, 3.05) is 0 Å². The van der Waals surface area contributed by atoms with Gasteiger partial charge in [-0.1, -0.05) is 0 Å². The molecule has 0 saturated carbocycles. The summed E-state index contributed by atoms with van der Waals surface area (Å²) < 4.78 is 16.2. The smallest absolute Gasteiger partial charge is 0.313 e. The summed E-state index contributed by atoms with van der Waals surface area (Å²) in [5.41, 5.74) is 0. The van der Waals surface area contributed by atoms with Crippen molar-refractivity contribution in [2.45, 2.75) is 19.6 Å². The van der Waals surface area contributed by atoms with E-state index in [1.165, 1.54) is 0 Å². The Morgan fingerprint density at radius 1 is 1.44 bits per heavy atom. The molecule has 0 N–H and O–H groups in total. The van der Waals surface area contributed by atoms with Gasteiger partial charge in [0.1, 0.15) is 0 Å². The molecule has 1 fully saturated rings. The average Bonchev–Trinajstić information content (AvgIpc) is 1.60. The topological polar surface area (TPSA) is 27.7 Å². The van der Waals surface area contributed by atoms with Gasteiger partial charge in [-0.3, -0.25) is 0 Å². The third-order valence-electron chi connectivity index (χ3n) is 1.16. The molecule has 0 radical (unpaired) electrons. The van der Waals surface area contributed by atoms with Crippen molar-refractivity contribution in [2.24, 2.45) is 0 Å². The molecule has 1 aliphatic heterocycles. The lowest BCUT2D eigenvalue weighted by atomic mass is 11.9. The minimum atomic E-state index is -1.66. The Bertz CT molecular complexity index is 106. The van der Waals surface area contributed by atoms with Gasteiger partial charge in [0, 0.05) is 0 Å². The van der Waals surface area contributed by atoms with E-state index in [-0.39, 0.29) is 0 Å². The standard InChI is InChI=1S/C3H12O3Si3/c1-8-4-7-5-9(2,3)6-8/h8H,7H2,1-3H3. The molecule has 0 aromatic rings. The number of rotatable bonds is 0. The van der Waals surface area contributed by atoms with E-state index in [4.69, 9.17) is 12.3 Å². The van der Waals surface area contributed by atoms with E-state index >= 15 is 0 Å². The Labute approximate surface area is 60.5 Å². The Morgan fingerprint density at radius 2 is 2.11 bits per heavy atom. The molecule has 6 heteroatoms. The van der Waals surface area contributed by atoms with Gasteiger partial charge in [-0.05, 0) is 19.6 Å². The molecule has 3 nitrogen and oxygen atoms in total. The quantitative estimate of drug-likeness (QED) is 0.475. The van der Waals surface area contributed by atoms with Crippen molar-refractivity contribution in [3.8, 4) is 0 Å². The summed E-state index contributed by atoms with van der Waals surface area (Å²) in [6.07, 6.45) is 0. The first-order valence-electron chi connectivity index (χ1n) is 3.03. The van der Waals surface area contributed by atoms with Gasteiger partial charge < -0.3 is 12.3 Å². The van der Waals surface area contributed by atoms with Gasteiger partial charge in [0.05, 0.1) is 0 Å². The molecule has 0 bridgehead atoms. The molecule has 0 aromatic carbocycles. The van der Waals surface area contributed by atoms with Crippen LogP contribution >= 0.6 is 0 Å². The first-order valence-corrected chi connectivity index (χ1v) is 9.10. The van der Waals surface area contributed by atoms with Crippen LogP contribution in [0.4, 0.5) is 0 Å². The number of hydrogen-bond donors (Lipinski definition) is 0. The fourth-order valence-electron chi connectivity index (χ4n) is 0.739. The van der Waals surface area contributed by atoms with Gasteiger partial charge in [-0.25, -0.2) is 0 Å². The SMILES string of the molecule is C[SiH]1O[SiH2]O[Si](C)(C)O1. The largest absolute Gasteiger partial charge is 0.423 e. The summed E-state index contributed by atoms with van der Waals surface area (Å²) in [7, 11) is -3.52. The molecule has 54 valence electrons. The first-order chi connectivity index (χ1) is 4.10. The van der Waals surface area contributed by atoms with Crippen molar-refractivity contribution < 1.29 is 12.3 Å². The van der Waals surface area contributed by atoms with E-state index in [0.29, 0.717) is 0 Å². The fraction of sp³-hybridized carbons (Fsp3) is 1.00. The zero-order valence-electron chi connectivity index (χ0n) is 6.01. The van der Waals surface area contributed by atoms with Crippen molar-refractivity contribution >= 4 is 27.9 Å². The van der Waals surface area contributed by atoms with E-state index in [1.807, 2.05) is 0 Å². The fourth-order valence-corrected chi connectivity index (χ4v) is 8.49. The second-order valence-corrected chi connectivity index (χ2v) is 10.1. The molecule has 1 saturated heterocycles. The molecule has 0 spiro atoms. The maximum absolute atomic E-state index is 5.54. The van der Waals surface area contributed by atoms with Crippen LogP contribution < -0.4 is 0 Å². The van der Waals surface area contributed by atoms with Crippen LogP contribution in [0, 0.1) is 0 Å². The number of hydrogen-bond acceptors (Lipinski definition) is 3. The predicted octanol–water partition coefficient (Wildman–Crippen LogP) is -0.399. The minimum Gasteiger partial charge on any atom is -0.423 e. The van der Waals surface area contributed by atoms with Gasteiger partial charge in [-0.2, -0.15) is 0 Å². The summed E-state index contributed by atoms with van der Waals surface area (Å²) in [6.45, 7) is 6.21. The van der Waals surface area contributed by atoms with Crippen LogP contribution in [0.5, 0.6) is 0 Å². The van der Waals surface area contributed by atoms with Crippen LogP contribution in [0.3, 0.4) is 0 Å². The second kappa shape index (κ2) is 2.64. The van der Waals surface area contributed by atoms with Crippen LogP contribution in [-0.2, 0) is 12.3 Å². The molecule has 9 heavy (non-hydrogen) atoms.